The summed E-state index contributed by atoms with van der Waals surface area (Å²) in [7, 11) is -2.85. The smallest absolute Gasteiger partial charge is 0.407 e. The Morgan fingerprint density at radius 1 is 0.875 bits per heavy atom. The van der Waals surface area contributed by atoms with Crippen LogP contribution >= 0.6 is 0 Å². The number of halogens is 1. The molecule has 0 aliphatic carbocycles. The summed E-state index contributed by atoms with van der Waals surface area (Å²) in [5, 5.41) is 11.5. The highest BCUT2D eigenvalue weighted by atomic mass is 28.4. The van der Waals surface area contributed by atoms with Crippen LogP contribution in [-0.4, -0.2) is 43.1 Å². The third-order valence-electron chi connectivity index (χ3n) is 8.42. The molecule has 0 aromatic heterocycles. The van der Waals surface area contributed by atoms with Gasteiger partial charge in [0.25, 0.3) is 8.32 Å². The molecule has 4 rings (SSSR count). The fraction of sp³-hybridized carbons (Fsp3) is 0.424. The molecule has 1 aliphatic heterocycles. The molecule has 1 fully saturated rings. The molecule has 1 N–H and O–H groups in total. The molecule has 214 valence electrons. The van der Waals surface area contributed by atoms with E-state index >= 15 is 4.39 Å². The molecule has 3 aromatic rings. The van der Waals surface area contributed by atoms with Crippen LogP contribution in [0.2, 0.25) is 5.04 Å². The molecule has 40 heavy (non-hydrogen) atoms. The highest BCUT2D eigenvalue weighted by Gasteiger charge is 2.51. The second-order valence-electron chi connectivity index (χ2n) is 12.8. The van der Waals surface area contributed by atoms with Crippen molar-refractivity contribution >= 4 is 24.8 Å². The van der Waals surface area contributed by atoms with E-state index in [1.807, 2.05) is 42.5 Å². The van der Waals surface area contributed by atoms with Gasteiger partial charge in [-0.2, -0.15) is 0 Å². The van der Waals surface area contributed by atoms with Crippen LogP contribution in [0.15, 0.2) is 78.9 Å². The number of carboxylic acid groups (broad SMARTS) is 1. The fourth-order valence-corrected chi connectivity index (χ4v) is 10.5. The molecule has 1 heterocycles. The third-order valence-corrected chi connectivity index (χ3v) is 13.4. The standard InChI is InChI=1S/C33H42FNO4Si/c1-31(2,3)33(20-22-35(23-21-33)30(36)37)39-28-19-13-14-25(29(28)34)24-38-40(32(4,5)6,26-15-9-7-10-16-26)27-17-11-8-12-18-27/h7-19H,20-24H2,1-6H3,(H,36,37). The Labute approximate surface area is 239 Å². The minimum atomic E-state index is -2.85. The molecule has 0 atom stereocenters. The summed E-state index contributed by atoms with van der Waals surface area (Å²) in [5.41, 5.74) is -0.583. The molecule has 0 spiro atoms. The molecule has 3 aromatic carbocycles. The number of benzene rings is 3. The van der Waals surface area contributed by atoms with Gasteiger partial charge in [-0.3, -0.25) is 0 Å². The molecule has 0 radical (unpaired) electrons. The van der Waals surface area contributed by atoms with Crippen molar-refractivity contribution < 1.29 is 23.5 Å². The summed E-state index contributed by atoms with van der Waals surface area (Å²) in [4.78, 5) is 12.9. The Morgan fingerprint density at radius 2 is 1.40 bits per heavy atom. The predicted molar refractivity (Wildman–Crippen MR) is 160 cm³/mol. The van der Waals surface area contributed by atoms with Gasteiger partial charge in [0, 0.05) is 36.9 Å². The Balaban J connectivity index is 1.68. The molecule has 0 bridgehead atoms. The lowest BCUT2D eigenvalue weighted by Crippen LogP contribution is -2.66. The molecule has 7 heteroatoms. The van der Waals surface area contributed by atoms with Gasteiger partial charge in [0.1, 0.15) is 5.60 Å². The molecular weight excluding hydrogens is 521 g/mol. The lowest BCUT2D eigenvalue weighted by Gasteiger charge is -2.49. The lowest BCUT2D eigenvalue weighted by molar-refractivity contribution is -0.0758. The summed E-state index contributed by atoms with van der Waals surface area (Å²) in [6.07, 6.45) is 0.0481. The monoisotopic (exact) mass is 563 g/mol. The van der Waals surface area contributed by atoms with E-state index < -0.39 is 25.8 Å². The first kappa shape index (κ1) is 29.8. The zero-order valence-corrected chi connectivity index (χ0v) is 25.5. The summed E-state index contributed by atoms with van der Waals surface area (Å²) in [6.45, 7) is 13.6. The van der Waals surface area contributed by atoms with E-state index in [1.54, 1.807) is 12.1 Å². The average molecular weight is 564 g/mol. The molecule has 1 aliphatic rings. The van der Waals surface area contributed by atoms with Crippen LogP contribution in [0.5, 0.6) is 5.75 Å². The van der Waals surface area contributed by atoms with Gasteiger partial charge in [0.15, 0.2) is 11.6 Å². The molecule has 5 nitrogen and oxygen atoms in total. The summed E-state index contributed by atoms with van der Waals surface area (Å²) < 4.78 is 29.7. The van der Waals surface area contributed by atoms with Gasteiger partial charge < -0.3 is 19.2 Å². The van der Waals surface area contributed by atoms with Crippen molar-refractivity contribution in [3.8, 4) is 5.75 Å². The van der Waals surface area contributed by atoms with Crippen LogP contribution in [0, 0.1) is 11.2 Å². The number of hydrogen-bond donors (Lipinski definition) is 1. The van der Waals surface area contributed by atoms with Gasteiger partial charge in [-0.25, -0.2) is 9.18 Å². The maximum atomic E-state index is 16.2. The van der Waals surface area contributed by atoms with E-state index in [9.17, 15) is 9.90 Å². The van der Waals surface area contributed by atoms with Crippen LogP contribution in [0.3, 0.4) is 0 Å². The summed E-state index contributed by atoms with van der Waals surface area (Å²) in [6, 6.07) is 25.9. The van der Waals surface area contributed by atoms with Crippen molar-refractivity contribution in [3.63, 3.8) is 0 Å². The van der Waals surface area contributed by atoms with E-state index in [-0.39, 0.29) is 22.8 Å². The number of amides is 1. The molecule has 1 amide bonds. The number of carbonyl (C=O) groups is 1. The van der Waals surface area contributed by atoms with E-state index in [1.165, 1.54) is 4.90 Å². The van der Waals surface area contributed by atoms with Crippen LogP contribution in [0.4, 0.5) is 9.18 Å². The van der Waals surface area contributed by atoms with Crippen molar-refractivity contribution in [1.29, 1.82) is 0 Å². The number of ether oxygens (including phenoxy) is 1. The number of piperidine rings is 1. The number of nitrogens with zero attached hydrogens (tertiary/aromatic N) is 1. The maximum absolute atomic E-state index is 16.2. The van der Waals surface area contributed by atoms with Gasteiger partial charge in [-0.05, 0) is 21.5 Å². The number of rotatable bonds is 7. The lowest BCUT2D eigenvalue weighted by atomic mass is 9.70. The first-order valence-electron chi connectivity index (χ1n) is 14.0. The van der Waals surface area contributed by atoms with Gasteiger partial charge in [-0.15, -0.1) is 0 Å². The second-order valence-corrected chi connectivity index (χ2v) is 17.1. The maximum Gasteiger partial charge on any atom is 0.407 e. The van der Waals surface area contributed by atoms with Crippen molar-refractivity contribution in [2.24, 2.45) is 5.41 Å². The Hall–Kier alpha value is -3.16. The van der Waals surface area contributed by atoms with Crippen molar-refractivity contribution in [2.75, 3.05) is 13.1 Å². The van der Waals surface area contributed by atoms with Gasteiger partial charge in [0.05, 0.1) is 6.61 Å². The minimum Gasteiger partial charge on any atom is -0.484 e. The highest BCUT2D eigenvalue weighted by Crippen LogP contribution is 2.44. The number of likely N-dealkylation sites (tertiary alicyclic amines) is 1. The normalized spacial score (nSPS) is 16.0. The van der Waals surface area contributed by atoms with Crippen molar-refractivity contribution in [1.82, 2.24) is 4.90 Å². The highest BCUT2D eigenvalue weighted by molar-refractivity contribution is 6.99. The zero-order chi connectivity index (χ0) is 29.2. The summed E-state index contributed by atoms with van der Waals surface area (Å²) >= 11 is 0. The van der Waals surface area contributed by atoms with Crippen LogP contribution in [-0.2, 0) is 11.0 Å². The fourth-order valence-electron chi connectivity index (χ4n) is 5.97. The van der Waals surface area contributed by atoms with Crippen molar-refractivity contribution in [3.05, 3.63) is 90.2 Å². The van der Waals surface area contributed by atoms with E-state index in [2.05, 4.69) is 65.8 Å². The summed E-state index contributed by atoms with van der Waals surface area (Å²) in [5.74, 6) is -0.244. The minimum absolute atomic E-state index is 0.103. The molecule has 1 saturated heterocycles. The van der Waals surface area contributed by atoms with Crippen molar-refractivity contribution in [2.45, 2.75) is 71.6 Å². The molecular formula is C33H42FNO4Si. The Morgan fingerprint density at radius 3 is 1.85 bits per heavy atom. The Kier molecular flexibility index (Phi) is 8.48. The number of hydrogen-bond acceptors (Lipinski definition) is 3. The SMILES string of the molecule is CC(C)(C)C1(Oc2cccc(CO[Si](c3ccccc3)(c3ccccc3)C(C)(C)C)c2F)CCN(C(=O)O)CC1. The predicted octanol–water partition coefficient (Wildman–Crippen LogP) is 6.84. The molecule has 0 unspecified atom stereocenters. The van der Waals surface area contributed by atoms with Crippen LogP contribution in [0.1, 0.15) is 59.9 Å². The average Bonchev–Trinajstić information content (AvgIpc) is 2.91. The first-order valence-corrected chi connectivity index (χ1v) is 15.9. The largest absolute Gasteiger partial charge is 0.484 e. The van der Waals surface area contributed by atoms with E-state index in [4.69, 9.17) is 9.16 Å². The first-order chi connectivity index (χ1) is 18.8. The van der Waals surface area contributed by atoms with E-state index in [0.717, 1.165) is 10.4 Å². The third kappa shape index (κ3) is 5.67. The van der Waals surface area contributed by atoms with Crippen LogP contribution < -0.4 is 15.1 Å². The van der Waals surface area contributed by atoms with Gasteiger partial charge >= 0.3 is 6.09 Å². The van der Waals surface area contributed by atoms with Gasteiger partial charge in [-0.1, -0.05) is 114 Å². The zero-order valence-electron chi connectivity index (χ0n) is 24.5. The topological polar surface area (TPSA) is 59.0 Å². The second kappa shape index (κ2) is 11.4. The van der Waals surface area contributed by atoms with Crippen LogP contribution in [0.25, 0.3) is 0 Å². The quantitative estimate of drug-likeness (QED) is 0.320. The van der Waals surface area contributed by atoms with Gasteiger partial charge in [0.2, 0.25) is 0 Å². The Bertz CT molecular complexity index is 1250. The molecule has 0 saturated carbocycles. The van der Waals surface area contributed by atoms with E-state index in [0.29, 0.717) is 31.5 Å².